The van der Waals surface area contributed by atoms with E-state index in [4.69, 9.17) is 0 Å². The maximum absolute atomic E-state index is 12.8. The van der Waals surface area contributed by atoms with Gasteiger partial charge in [0.2, 0.25) is 5.91 Å². The van der Waals surface area contributed by atoms with Gasteiger partial charge in [-0.3, -0.25) is 20.4 Å². The summed E-state index contributed by atoms with van der Waals surface area (Å²) < 4.78 is 0. The van der Waals surface area contributed by atoms with Gasteiger partial charge in [-0.15, -0.1) is 0 Å². The lowest BCUT2D eigenvalue weighted by atomic mass is 9.40. The summed E-state index contributed by atoms with van der Waals surface area (Å²) in [6, 6.07) is 0. The number of nitrogens with one attached hydrogen (secondary N) is 2. The topological polar surface area (TPSA) is 61.4 Å². The lowest BCUT2D eigenvalue weighted by Gasteiger charge is -2.64. The molecule has 4 saturated carbocycles. The Bertz CT molecular complexity index is 484. The van der Waals surface area contributed by atoms with Crippen molar-refractivity contribution in [1.82, 2.24) is 15.8 Å². The molecule has 0 aliphatic heterocycles. The summed E-state index contributed by atoms with van der Waals surface area (Å²) in [6.07, 6.45) is 6.73. The zero-order chi connectivity index (χ0) is 16.2. The standard InChI is InChI=1S/C17H29N3O2/c1-15-5-12-6-16(2,9-15)11-17(7-12,10-15)14(22)19-18-13(21)8-20(3)4/h12H,5-11H2,1-4H3,(H,18,21)(H,19,22). The molecule has 5 nitrogen and oxygen atoms in total. The highest BCUT2D eigenvalue weighted by Gasteiger charge is 2.62. The third-order valence-electron chi connectivity index (χ3n) is 5.88. The van der Waals surface area contributed by atoms with Crippen LogP contribution in [-0.2, 0) is 9.59 Å². The van der Waals surface area contributed by atoms with Gasteiger partial charge in [-0.05, 0) is 69.4 Å². The first-order chi connectivity index (χ1) is 10.1. The van der Waals surface area contributed by atoms with Gasteiger partial charge in [0.1, 0.15) is 0 Å². The molecule has 124 valence electrons. The molecule has 0 aromatic carbocycles. The molecule has 2 N–H and O–H groups in total. The molecule has 4 aliphatic rings. The molecule has 4 aliphatic carbocycles. The zero-order valence-corrected chi connectivity index (χ0v) is 14.3. The largest absolute Gasteiger partial charge is 0.301 e. The molecule has 0 spiro atoms. The van der Waals surface area contributed by atoms with E-state index in [-0.39, 0.29) is 23.8 Å². The Labute approximate surface area is 133 Å². The van der Waals surface area contributed by atoms with Gasteiger partial charge >= 0.3 is 0 Å². The molecule has 0 aromatic heterocycles. The minimum Gasteiger partial charge on any atom is -0.301 e. The van der Waals surface area contributed by atoms with E-state index < -0.39 is 0 Å². The van der Waals surface area contributed by atoms with E-state index in [9.17, 15) is 9.59 Å². The van der Waals surface area contributed by atoms with Crippen LogP contribution in [0.1, 0.15) is 52.4 Å². The Kier molecular flexibility index (Phi) is 3.55. The third-order valence-corrected chi connectivity index (χ3v) is 5.88. The van der Waals surface area contributed by atoms with Crippen molar-refractivity contribution in [2.24, 2.45) is 22.2 Å². The average molecular weight is 307 g/mol. The first-order valence-electron chi connectivity index (χ1n) is 8.38. The van der Waals surface area contributed by atoms with Crippen molar-refractivity contribution in [3.05, 3.63) is 0 Å². The lowest BCUT2D eigenvalue weighted by molar-refractivity contribution is -0.171. The quantitative estimate of drug-likeness (QED) is 0.780. The van der Waals surface area contributed by atoms with Crippen LogP contribution in [0.15, 0.2) is 0 Å². The van der Waals surface area contributed by atoms with Crippen molar-refractivity contribution in [2.75, 3.05) is 20.6 Å². The first-order valence-corrected chi connectivity index (χ1v) is 8.38. The van der Waals surface area contributed by atoms with Crippen molar-refractivity contribution in [3.8, 4) is 0 Å². The number of carbonyl (C=O) groups excluding carboxylic acids is 2. The van der Waals surface area contributed by atoms with Crippen molar-refractivity contribution in [3.63, 3.8) is 0 Å². The Morgan fingerprint density at radius 2 is 1.59 bits per heavy atom. The van der Waals surface area contributed by atoms with Crippen LogP contribution in [0.5, 0.6) is 0 Å². The van der Waals surface area contributed by atoms with Crippen LogP contribution in [-0.4, -0.2) is 37.4 Å². The molecule has 22 heavy (non-hydrogen) atoms. The fourth-order valence-corrected chi connectivity index (χ4v) is 6.29. The predicted molar refractivity (Wildman–Crippen MR) is 84.7 cm³/mol. The minimum absolute atomic E-state index is 0.0288. The van der Waals surface area contributed by atoms with Gasteiger partial charge in [-0.1, -0.05) is 13.8 Å². The van der Waals surface area contributed by atoms with E-state index in [0.717, 1.165) is 19.3 Å². The molecule has 0 aromatic rings. The van der Waals surface area contributed by atoms with Crippen molar-refractivity contribution < 1.29 is 9.59 Å². The fraction of sp³-hybridized carbons (Fsp3) is 0.882. The smallest absolute Gasteiger partial charge is 0.252 e. The lowest BCUT2D eigenvalue weighted by Crippen LogP contribution is -2.61. The van der Waals surface area contributed by atoms with Crippen LogP contribution in [0.4, 0.5) is 0 Å². The van der Waals surface area contributed by atoms with Crippen molar-refractivity contribution in [1.29, 1.82) is 0 Å². The minimum atomic E-state index is -0.270. The Hall–Kier alpha value is -1.10. The Morgan fingerprint density at radius 3 is 2.09 bits per heavy atom. The molecule has 2 unspecified atom stereocenters. The fourth-order valence-electron chi connectivity index (χ4n) is 6.29. The number of hydrogen-bond donors (Lipinski definition) is 2. The third kappa shape index (κ3) is 2.75. The Morgan fingerprint density at radius 1 is 1.00 bits per heavy atom. The SMILES string of the molecule is CN(C)CC(=O)NNC(=O)C12CC3CC(C)(CC(C)(C3)C1)C2. The number of amides is 2. The first kappa shape index (κ1) is 15.8. The highest BCUT2D eigenvalue weighted by atomic mass is 16.2. The molecule has 0 saturated heterocycles. The van der Waals surface area contributed by atoms with Crippen LogP contribution in [0.3, 0.4) is 0 Å². The van der Waals surface area contributed by atoms with Gasteiger partial charge in [0.05, 0.1) is 12.0 Å². The highest BCUT2D eigenvalue weighted by Crippen LogP contribution is 2.69. The molecular formula is C17H29N3O2. The second-order valence-electron chi connectivity index (χ2n) is 9.15. The number of nitrogens with zero attached hydrogens (tertiary/aromatic N) is 1. The molecule has 4 bridgehead atoms. The molecule has 4 rings (SSSR count). The normalized spacial score (nSPS) is 42.5. The van der Waals surface area contributed by atoms with Crippen LogP contribution in [0, 0.1) is 22.2 Å². The molecular weight excluding hydrogens is 278 g/mol. The summed E-state index contributed by atoms with van der Waals surface area (Å²) in [4.78, 5) is 26.4. The number of likely N-dealkylation sites (N-methyl/N-ethyl adjacent to an activating group) is 1. The van der Waals surface area contributed by atoms with Crippen LogP contribution in [0.25, 0.3) is 0 Å². The van der Waals surface area contributed by atoms with Crippen LogP contribution in [0.2, 0.25) is 0 Å². The van der Waals surface area contributed by atoms with Gasteiger partial charge < -0.3 is 4.90 Å². The second-order valence-corrected chi connectivity index (χ2v) is 9.15. The van der Waals surface area contributed by atoms with E-state index in [1.54, 1.807) is 4.90 Å². The monoisotopic (exact) mass is 307 g/mol. The van der Waals surface area contributed by atoms with Gasteiger partial charge in [0, 0.05) is 0 Å². The van der Waals surface area contributed by atoms with Crippen LogP contribution >= 0.6 is 0 Å². The summed E-state index contributed by atoms with van der Waals surface area (Å²) in [7, 11) is 3.67. The number of rotatable bonds is 3. The van der Waals surface area contributed by atoms with Crippen LogP contribution < -0.4 is 10.9 Å². The maximum Gasteiger partial charge on any atom is 0.252 e. The molecule has 0 radical (unpaired) electrons. The number of hydrogen-bond acceptors (Lipinski definition) is 3. The molecule has 2 atom stereocenters. The maximum atomic E-state index is 12.8. The molecule has 0 heterocycles. The predicted octanol–water partition coefficient (Wildman–Crippen LogP) is 1.69. The van der Waals surface area contributed by atoms with Gasteiger partial charge in [0.15, 0.2) is 0 Å². The molecule has 5 heteroatoms. The van der Waals surface area contributed by atoms with E-state index >= 15 is 0 Å². The summed E-state index contributed by atoms with van der Waals surface area (Å²) in [6.45, 7) is 4.98. The molecule has 4 fully saturated rings. The van der Waals surface area contributed by atoms with Gasteiger partial charge in [-0.2, -0.15) is 0 Å². The summed E-state index contributed by atoms with van der Waals surface area (Å²) in [5.41, 5.74) is 5.64. The summed E-state index contributed by atoms with van der Waals surface area (Å²) >= 11 is 0. The van der Waals surface area contributed by atoms with Gasteiger partial charge in [-0.25, -0.2) is 0 Å². The zero-order valence-electron chi connectivity index (χ0n) is 14.3. The second kappa shape index (κ2) is 4.95. The van der Waals surface area contributed by atoms with E-state index in [0.29, 0.717) is 16.7 Å². The molecule has 2 amide bonds. The summed E-state index contributed by atoms with van der Waals surface area (Å²) in [5, 5.41) is 0. The van der Waals surface area contributed by atoms with Crippen molar-refractivity contribution >= 4 is 11.8 Å². The Balaban J connectivity index is 1.68. The van der Waals surface area contributed by atoms with E-state index in [2.05, 4.69) is 24.7 Å². The highest BCUT2D eigenvalue weighted by molar-refractivity contribution is 5.86. The number of hydrazine groups is 1. The van der Waals surface area contributed by atoms with E-state index in [1.165, 1.54) is 19.3 Å². The average Bonchev–Trinajstić information content (AvgIpc) is 2.30. The summed E-state index contributed by atoms with van der Waals surface area (Å²) in [5.74, 6) is 0.538. The van der Waals surface area contributed by atoms with E-state index in [1.807, 2.05) is 14.1 Å². The number of carbonyl (C=O) groups is 2. The van der Waals surface area contributed by atoms with Gasteiger partial charge in [0.25, 0.3) is 5.91 Å². The van der Waals surface area contributed by atoms with Crippen molar-refractivity contribution in [2.45, 2.75) is 52.4 Å².